The van der Waals surface area contributed by atoms with Crippen LogP contribution in [0, 0.1) is 17.0 Å². The van der Waals surface area contributed by atoms with Crippen LogP contribution in [-0.4, -0.2) is 31.9 Å². The highest BCUT2D eigenvalue weighted by Crippen LogP contribution is 2.20. The number of nitrogens with one attached hydrogen (secondary N) is 1. The maximum absolute atomic E-state index is 10.9. The zero-order chi connectivity index (χ0) is 13.8. The van der Waals surface area contributed by atoms with Gasteiger partial charge in [-0.15, -0.1) is 0 Å². The Morgan fingerprint density at radius 1 is 1.33 bits per heavy atom. The van der Waals surface area contributed by atoms with Gasteiger partial charge >= 0.3 is 0 Å². The maximum atomic E-state index is 10.9. The molecule has 0 spiro atoms. The van der Waals surface area contributed by atoms with Gasteiger partial charge < -0.3 is 5.32 Å². The van der Waals surface area contributed by atoms with Gasteiger partial charge in [0.2, 0.25) is 0 Å². The first-order valence-corrected chi connectivity index (χ1v) is 7.52. The molecule has 6 nitrogen and oxygen atoms in total. The molecule has 0 unspecified atom stereocenters. The van der Waals surface area contributed by atoms with Gasteiger partial charge in [0.05, 0.1) is 10.7 Å². The normalized spacial score (nSPS) is 11.2. The van der Waals surface area contributed by atoms with E-state index in [1.54, 1.807) is 13.0 Å². The molecular weight excluding hydrogens is 256 g/mol. The molecule has 7 heteroatoms. The molecule has 0 heterocycles. The quantitative estimate of drug-likeness (QED) is 0.484. The van der Waals surface area contributed by atoms with Crippen molar-refractivity contribution in [2.75, 3.05) is 23.9 Å². The van der Waals surface area contributed by atoms with Crippen LogP contribution in [-0.2, 0) is 9.84 Å². The van der Waals surface area contributed by atoms with Crippen molar-refractivity contribution in [2.24, 2.45) is 0 Å². The van der Waals surface area contributed by atoms with Crippen molar-refractivity contribution < 1.29 is 13.3 Å². The first kappa shape index (κ1) is 14.4. The number of benzene rings is 1. The number of non-ortho nitro benzene ring substituents is 1. The Labute approximate surface area is 106 Å². The molecule has 0 aliphatic heterocycles. The molecule has 1 aromatic carbocycles. The third-order valence-electron chi connectivity index (χ3n) is 2.29. The van der Waals surface area contributed by atoms with Crippen LogP contribution in [0.15, 0.2) is 18.2 Å². The molecule has 1 aromatic rings. The van der Waals surface area contributed by atoms with Gasteiger partial charge in [-0.05, 0) is 25.0 Å². The van der Waals surface area contributed by atoms with Gasteiger partial charge in [-0.2, -0.15) is 0 Å². The highest BCUT2D eigenvalue weighted by atomic mass is 32.2. The number of sulfone groups is 1. The number of aryl methyl sites for hydroxylation is 1. The van der Waals surface area contributed by atoms with Crippen LogP contribution in [0.2, 0.25) is 0 Å². The Bertz CT molecular complexity index is 540. The van der Waals surface area contributed by atoms with Crippen LogP contribution in [0.4, 0.5) is 11.4 Å². The van der Waals surface area contributed by atoms with E-state index >= 15 is 0 Å². The first-order valence-electron chi connectivity index (χ1n) is 5.45. The Hall–Kier alpha value is -1.63. The molecule has 18 heavy (non-hydrogen) atoms. The Balaban J connectivity index is 2.60. The van der Waals surface area contributed by atoms with Crippen LogP contribution in [0.5, 0.6) is 0 Å². The molecule has 0 atom stereocenters. The van der Waals surface area contributed by atoms with Crippen molar-refractivity contribution in [3.63, 3.8) is 0 Å². The lowest BCUT2D eigenvalue weighted by Gasteiger charge is -2.06. The molecule has 0 aromatic heterocycles. The van der Waals surface area contributed by atoms with Crippen LogP contribution < -0.4 is 5.32 Å². The fourth-order valence-corrected chi connectivity index (χ4v) is 2.21. The molecule has 0 aliphatic carbocycles. The van der Waals surface area contributed by atoms with E-state index in [1.807, 2.05) is 0 Å². The molecule has 0 amide bonds. The Morgan fingerprint density at radius 2 is 2.00 bits per heavy atom. The zero-order valence-electron chi connectivity index (χ0n) is 10.3. The summed E-state index contributed by atoms with van der Waals surface area (Å²) in [5, 5.41) is 13.6. The summed E-state index contributed by atoms with van der Waals surface area (Å²) < 4.78 is 21.8. The summed E-state index contributed by atoms with van der Waals surface area (Å²) >= 11 is 0. The minimum atomic E-state index is -2.96. The molecule has 0 bridgehead atoms. The van der Waals surface area contributed by atoms with Crippen LogP contribution in [0.1, 0.15) is 12.0 Å². The molecular formula is C11H16N2O4S. The minimum absolute atomic E-state index is 0.0283. The van der Waals surface area contributed by atoms with Gasteiger partial charge in [-0.3, -0.25) is 10.1 Å². The van der Waals surface area contributed by atoms with E-state index < -0.39 is 14.8 Å². The standard InChI is InChI=1S/C11H16N2O4S/c1-9-6-10(8-11(7-9)13(14)15)12-4-3-5-18(2,16)17/h6-8,12H,3-5H2,1-2H3. The van der Waals surface area contributed by atoms with E-state index in [0.717, 1.165) is 5.56 Å². The SMILES string of the molecule is Cc1cc(NCCCS(C)(=O)=O)cc([N+](=O)[O-])c1. The number of hydrogen-bond donors (Lipinski definition) is 1. The van der Waals surface area contributed by atoms with E-state index in [9.17, 15) is 18.5 Å². The van der Waals surface area contributed by atoms with Gasteiger partial charge in [-0.1, -0.05) is 0 Å². The molecule has 0 aliphatic rings. The number of anilines is 1. The Morgan fingerprint density at radius 3 is 2.56 bits per heavy atom. The summed E-state index contributed by atoms with van der Waals surface area (Å²) in [5.41, 5.74) is 1.45. The average molecular weight is 272 g/mol. The molecule has 1 rings (SSSR count). The third-order valence-corrected chi connectivity index (χ3v) is 3.32. The average Bonchev–Trinajstić information content (AvgIpc) is 2.22. The molecule has 0 radical (unpaired) electrons. The summed E-state index contributed by atoms with van der Waals surface area (Å²) in [6.07, 6.45) is 1.66. The van der Waals surface area contributed by atoms with Crippen LogP contribution in [0.3, 0.4) is 0 Å². The van der Waals surface area contributed by atoms with Crippen molar-refractivity contribution in [2.45, 2.75) is 13.3 Å². The summed E-state index contributed by atoms with van der Waals surface area (Å²) in [6, 6.07) is 4.71. The van der Waals surface area contributed by atoms with Gasteiger partial charge in [0, 0.05) is 30.6 Å². The highest BCUT2D eigenvalue weighted by Gasteiger charge is 2.08. The van der Waals surface area contributed by atoms with Crippen molar-refractivity contribution in [1.82, 2.24) is 0 Å². The molecule has 0 fully saturated rings. The van der Waals surface area contributed by atoms with Crippen molar-refractivity contribution in [3.05, 3.63) is 33.9 Å². The van der Waals surface area contributed by atoms with E-state index in [4.69, 9.17) is 0 Å². The monoisotopic (exact) mass is 272 g/mol. The van der Waals surface area contributed by atoms with E-state index in [0.29, 0.717) is 18.7 Å². The smallest absolute Gasteiger partial charge is 0.271 e. The van der Waals surface area contributed by atoms with Gasteiger partial charge in [0.15, 0.2) is 0 Å². The minimum Gasteiger partial charge on any atom is -0.385 e. The summed E-state index contributed by atoms with van der Waals surface area (Å²) in [7, 11) is -2.96. The van der Waals surface area contributed by atoms with Gasteiger partial charge in [0.25, 0.3) is 5.69 Å². The summed E-state index contributed by atoms with van der Waals surface area (Å²) in [6.45, 7) is 2.24. The number of nitrogens with zero attached hydrogens (tertiary/aromatic N) is 1. The van der Waals surface area contributed by atoms with Crippen molar-refractivity contribution in [1.29, 1.82) is 0 Å². The van der Waals surface area contributed by atoms with E-state index in [1.165, 1.54) is 18.4 Å². The zero-order valence-corrected chi connectivity index (χ0v) is 11.2. The van der Waals surface area contributed by atoms with E-state index in [-0.39, 0.29) is 11.4 Å². The largest absolute Gasteiger partial charge is 0.385 e. The Kier molecular flexibility index (Phi) is 4.66. The summed E-state index contributed by atoms with van der Waals surface area (Å²) in [4.78, 5) is 10.2. The van der Waals surface area contributed by atoms with Crippen LogP contribution in [0.25, 0.3) is 0 Å². The number of hydrogen-bond acceptors (Lipinski definition) is 5. The number of nitro groups is 1. The number of rotatable bonds is 6. The van der Waals surface area contributed by atoms with Crippen molar-refractivity contribution >= 4 is 21.2 Å². The van der Waals surface area contributed by atoms with Gasteiger partial charge in [0.1, 0.15) is 9.84 Å². The molecule has 100 valence electrons. The molecule has 0 saturated heterocycles. The second-order valence-electron chi connectivity index (χ2n) is 4.22. The topological polar surface area (TPSA) is 89.3 Å². The second-order valence-corrected chi connectivity index (χ2v) is 6.48. The molecule has 0 saturated carbocycles. The maximum Gasteiger partial charge on any atom is 0.271 e. The van der Waals surface area contributed by atoms with Crippen molar-refractivity contribution in [3.8, 4) is 0 Å². The van der Waals surface area contributed by atoms with Gasteiger partial charge in [-0.25, -0.2) is 8.42 Å². The predicted octanol–water partition coefficient (Wildman–Crippen LogP) is 1.75. The fourth-order valence-electron chi connectivity index (χ4n) is 1.54. The number of nitro benzene ring substituents is 1. The highest BCUT2D eigenvalue weighted by molar-refractivity contribution is 7.90. The lowest BCUT2D eigenvalue weighted by Crippen LogP contribution is -2.09. The summed E-state index contributed by atoms with van der Waals surface area (Å²) in [5.74, 6) is 0.105. The second kappa shape index (κ2) is 5.81. The molecule has 1 N–H and O–H groups in total. The van der Waals surface area contributed by atoms with Crippen LogP contribution >= 0.6 is 0 Å². The van der Waals surface area contributed by atoms with E-state index in [2.05, 4.69) is 5.32 Å². The predicted molar refractivity (Wildman–Crippen MR) is 70.7 cm³/mol. The lowest BCUT2D eigenvalue weighted by molar-refractivity contribution is -0.384. The lowest BCUT2D eigenvalue weighted by atomic mass is 10.2. The third kappa shape index (κ3) is 5.13. The fraction of sp³-hybridized carbons (Fsp3) is 0.455. The first-order chi connectivity index (χ1) is 8.28.